The number of hydrogen-bond donors (Lipinski definition) is 1. The van der Waals surface area contributed by atoms with E-state index in [4.69, 9.17) is 9.47 Å². The van der Waals surface area contributed by atoms with Crippen LogP contribution in [0.3, 0.4) is 0 Å². The molecule has 0 aromatic heterocycles. The highest BCUT2D eigenvalue weighted by Gasteiger charge is 2.41. The highest BCUT2D eigenvalue weighted by molar-refractivity contribution is 5.82. The fraction of sp³-hybridized carbons (Fsp3) is 0.579. The molecule has 1 N–H and O–H groups in total. The summed E-state index contributed by atoms with van der Waals surface area (Å²) in [6.07, 6.45) is 2.17. The van der Waals surface area contributed by atoms with Crippen molar-refractivity contribution >= 4 is 11.9 Å². The van der Waals surface area contributed by atoms with E-state index in [1.54, 1.807) is 0 Å². The van der Waals surface area contributed by atoms with Gasteiger partial charge in [-0.1, -0.05) is 18.2 Å². The molecule has 134 valence electrons. The highest BCUT2D eigenvalue weighted by Crippen LogP contribution is 2.34. The standard InChI is InChI=1S/C19H23NO5/c21-18(16-11-13-3-1-2-4-15(13)25-16)20-8-5-12(6-9-20)17-14(19(22)23)7-10-24-17/h1-4,12,14,16-17H,5-11H2,(H,22,23)/t14?,16?,17-/m0/s1. The third-order valence-corrected chi connectivity index (χ3v) is 5.69. The molecule has 3 heterocycles. The lowest BCUT2D eigenvalue weighted by atomic mass is 9.84. The summed E-state index contributed by atoms with van der Waals surface area (Å²) in [7, 11) is 0. The molecule has 1 aromatic carbocycles. The predicted molar refractivity (Wildman–Crippen MR) is 89.3 cm³/mol. The Hall–Kier alpha value is -2.08. The zero-order valence-corrected chi connectivity index (χ0v) is 14.1. The maximum absolute atomic E-state index is 12.7. The molecule has 2 unspecified atom stereocenters. The summed E-state index contributed by atoms with van der Waals surface area (Å²) in [6.45, 7) is 1.81. The molecular formula is C19H23NO5. The number of fused-ring (bicyclic) bond motifs is 1. The molecule has 25 heavy (non-hydrogen) atoms. The molecule has 0 radical (unpaired) electrons. The summed E-state index contributed by atoms with van der Waals surface area (Å²) in [6, 6.07) is 7.77. The number of ether oxygens (including phenoxy) is 2. The monoisotopic (exact) mass is 345 g/mol. The number of carboxylic acid groups (broad SMARTS) is 1. The molecule has 1 amide bonds. The molecule has 6 nitrogen and oxygen atoms in total. The van der Waals surface area contributed by atoms with Gasteiger partial charge in [-0.05, 0) is 36.8 Å². The number of piperidine rings is 1. The number of nitrogens with zero attached hydrogens (tertiary/aromatic N) is 1. The first-order valence-corrected chi connectivity index (χ1v) is 9.01. The van der Waals surface area contributed by atoms with Crippen LogP contribution in [0.1, 0.15) is 24.8 Å². The van der Waals surface area contributed by atoms with Crippen LogP contribution in [-0.4, -0.2) is 53.8 Å². The number of para-hydroxylation sites is 1. The Morgan fingerprint density at radius 1 is 1.12 bits per heavy atom. The SMILES string of the molecule is O=C(O)C1CCO[C@H]1C1CCN(C(=O)C2Cc3ccccc3O2)CC1. The first-order valence-electron chi connectivity index (χ1n) is 9.01. The number of amides is 1. The third-order valence-electron chi connectivity index (χ3n) is 5.69. The van der Waals surface area contributed by atoms with Crippen LogP contribution in [0, 0.1) is 11.8 Å². The molecule has 0 saturated carbocycles. The number of aliphatic carboxylic acids is 1. The average Bonchev–Trinajstić information content (AvgIpc) is 3.28. The van der Waals surface area contributed by atoms with Crippen LogP contribution in [0.4, 0.5) is 0 Å². The molecule has 2 fully saturated rings. The smallest absolute Gasteiger partial charge is 0.309 e. The second-order valence-electron chi connectivity index (χ2n) is 7.15. The van der Waals surface area contributed by atoms with Gasteiger partial charge in [-0.2, -0.15) is 0 Å². The number of likely N-dealkylation sites (tertiary alicyclic amines) is 1. The lowest BCUT2D eigenvalue weighted by Gasteiger charge is -2.36. The zero-order chi connectivity index (χ0) is 17.4. The Kier molecular flexibility index (Phi) is 4.37. The van der Waals surface area contributed by atoms with E-state index < -0.39 is 18.0 Å². The van der Waals surface area contributed by atoms with Crippen molar-refractivity contribution in [3.8, 4) is 5.75 Å². The van der Waals surface area contributed by atoms with Crippen LogP contribution in [0.2, 0.25) is 0 Å². The van der Waals surface area contributed by atoms with Gasteiger partial charge in [-0.25, -0.2) is 0 Å². The molecule has 3 aliphatic heterocycles. The van der Waals surface area contributed by atoms with E-state index >= 15 is 0 Å². The molecule has 3 atom stereocenters. The van der Waals surface area contributed by atoms with Crippen molar-refractivity contribution in [1.29, 1.82) is 0 Å². The van der Waals surface area contributed by atoms with Gasteiger partial charge in [-0.15, -0.1) is 0 Å². The number of hydrogen-bond acceptors (Lipinski definition) is 4. The number of benzene rings is 1. The molecule has 6 heteroatoms. The molecule has 2 saturated heterocycles. The van der Waals surface area contributed by atoms with E-state index in [2.05, 4.69) is 0 Å². The van der Waals surface area contributed by atoms with Gasteiger partial charge in [0.25, 0.3) is 5.91 Å². The van der Waals surface area contributed by atoms with Crippen molar-refractivity contribution in [3.05, 3.63) is 29.8 Å². The number of carbonyl (C=O) groups excluding carboxylic acids is 1. The molecular weight excluding hydrogens is 322 g/mol. The second kappa shape index (κ2) is 6.67. The van der Waals surface area contributed by atoms with Gasteiger partial charge >= 0.3 is 5.97 Å². The van der Waals surface area contributed by atoms with Gasteiger partial charge in [-0.3, -0.25) is 9.59 Å². The molecule has 4 rings (SSSR count). The number of carbonyl (C=O) groups is 2. The van der Waals surface area contributed by atoms with Crippen LogP contribution in [0.5, 0.6) is 5.75 Å². The van der Waals surface area contributed by atoms with Crippen LogP contribution in [0.25, 0.3) is 0 Å². The zero-order valence-electron chi connectivity index (χ0n) is 14.1. The fourth-order valence-electron chi connectivity index (χ4n) is 4.31. The summed E-state index contributed by atoms with van der Waals surface area (Å²) in [5.41, 5.74) is 1.08. The second-order valence-corrected chi connectivity index (χ2v) is 7.15. The van der Waals surface area contributed by atoms with Crippen molar-refractivity contribution < 1.29 is 24.2 Å². The molecule has 3 aliphatic rings. The first-order chi connectivity index (χ1) is 12.1. The lowest BCUT2D eigenvalue weighted by molar-refractivity contribution is -0.146. The molecule has 0 spiro atoms. The number of rotatable bonds is 3. The summed E-state index contributed by atoms with van der Waals surface area (Å²) in [4.78, 5) is 26.0. The molecule has 0 aliphatic carbocycles. The van der Waals surface area contributed by atoms with Crippen molar-refractivity contribution in [2.24, 2.45) is 11.8 Å². The van der Waals surface area contributed by atoms with Gasteiger partial charge in [0.15, 0.2) is 6.10 Å². The van der Waals surface area contributed by atoms with E-state index in [0.29, 0.717) is 32.5 Å². The quantitative estimate of drug-likeness (QED) is 0.903. The van der Waals surface area contributed by atoms with E-state index in [9.17, 15) is 14.7 Å². The molecule has 1 aromatic rings. The van der Waals surface area contributed by atoms with Crippen molar-refractivity contribution in [2.45, 2.75) is 37.9 Å². The van der Waals surface area contributed by atoms with E-state index in [-0.39, 0.29) is 17.9 Å². The van der Waals surface area contributed by atoms with Gasteiger partial charge < -0.3 is 19.5 Å². The van der Waals surface area contributed by atoms with Crippen molar-refractivity contribution in [1.82, 2.24) is 4.90 Å². The van der Waals surface area contributed by atoms with Crippen LogP contribution >= 0.6 is 0 Å². The van der Waals surface area contributed by atoms with Crippen LogP contribution < -0.4 is 4.74 Å². The Balaban J connectivity index is 1.33. The Bertz CT molecular complexity index is 643. The number of carboxylic acids is 1. The van der Waals surface area contributed by atoms with Gasteiger partial charge in [0.1, 0.15) is 5.75 Å². The summed E-state index contributed by atoms with van der Waals surface area (Å²) < 4.78 is 11.5. The Labute approximate surface area is 146 Å². The van der Waals surface area contributed by atoms with Gasteiger partial charge in [0.05, 0.1) is 12.0 Å². The maximum atomic E-state index is 12.7. The minimum atomic E-state index is -0.766. The summed E-state index contributed by atoms with van der Waals surface area (Å²) in [5, 5.41) is 9.32. The largest absolute Gasteiger partial charge is 0.481 e. The fourth-order valence-corrected chi connectivity index (χ4v) is 4.31. The van der Waals surface area contributed by atoms with Crippen LogP contribution in [0.15, 0.2) is 24.3 Å². The third kappa shape index (κ3) is 3.11. The van der Waals surface area contributed by atoms with Crippen molar-refractivity contribution in [3.63, 3.8) is 0 Å². The molecule has 0 bridgehead atoms. The van der Waals surface area contributed by atoms with E-state index in [0.717, 1.165) is 24.2 Å². The normalized spacial score (nSPS) is 29.3. The van der Waals surface area contributed by atoms with E-state index in [1.165, 1.54) is 0 Å². The van der Waals surface area contributed by atoms with E-state index in [1.807, 2.05) is 29.2 Å². The van der Waals surface area contributed by atoms with Crippen molar-refractivity contribution in [2.75, 3.05) is 19.7 Å². The Morgan fingerprint density at radius 3 is 2.60 bits per heavy atom. The highest BCUT2D eigenvalue weighted by atomic mass is 16.5. The maximum Gasteiger partial charge on any atom is 0.309 e. The predicted octanol–water partition coefficient (Wildman–Crippen LogP) is 1.72. The van der Waals surface area contributed by atoms with Crippen LogP contribution in [-0.2, 0) is 20.7 Å². The minimum Gasteiger partial charge on any atom is -0.481 e. The summed E-state index contributed by atoms with van der Waals surface area (Å²) in [5.74, 6) is -0.108. The first kappa shape index (κ1) is 16.4. The summed E-state index contributed by atoms with van der Waals surface area (Å²) >= 11 is 0. The topological polar surface area (TPSA) is 76.1 Å². The average molecular weight is 345 g/mol. The minimum absolute atomic E-state index is 0.0387. The Morgan fingerprint density at radius 2 is 1.88 bits per heavy atom. The lowest BCUT2D eigenvalue weighted by Crippen LogP contribution is -2.47. The van der Waals surface area contributed by atoms with Gasteiger partial charge in [0.2, 0.25) is 0 Å². The van der Waals surface area contributed by atoms with Gasteiger partial charge in [0, 0.05) is 26.1 Å².